The molecule has 0 aromatic carbocycles. The van der Waals surface area contributed by atoms with Gasteiger partial charge in [-0.2, -0.15) is 13.2 Å². The third kappa shape index (κ3) is 1.37. The maximum Gasteiger partial charge on any atom is 0.394 e. The fourth-order valence-electron chi connectivity index (χ4n) is 2.12. The van der Waals surface area contributed by atoms with Crippen molar-refractivity contribution in [1.29, 1.82) is 0 Å². The zero-order chi connectivity index (χ0) is 11.3. The average molecular weight is 211 g/mol. The number of alkyl halides is 3. The van der Waals surface area contributed by atoms with Gasteiger partial charge in [-0.3, -0.25) is 4.79 Å². The summed E-state index contributed by atoms with van der Waals surface area (Å²) in [6, 6.07) is 0. The molecule has 1 rings (SSSR count). The quantitative estimate of drug-likeness (QED) is 0.722. The summed E-state index contributed by atoms with van der Waals surface area (Å²) in [6.07, 6.45) is -4.53. The summed E-state index contributed by atoms with van der Waals surface area (Å²) in [5.41, 5.74) is 3.13. The standard InChI is InChI=1S/C8H12F3NO2/c1-3(2)4-5(8(9,10)11)7(4,12)6(13)14/h3-5H,12H2,1-2H3,(H,13,14)/t4-,5-,7-/m1/s1. The summed E-state index contributed by atoms with van der Waals surface area (Å²) in [5, 5.41) is 8.64. The Bertz CT molecular complexity index is 264. The number of nitrogens with two attached hydrogens (primary N) is 1. The molecule has 0 aliphatic heterocycles. The maximum absolute atomic E-state index is 12.4. The lowest BCUT2D eigenvalue weighted by molar-refractivity contribution is -0.163. The van der Waals surface area contributed by atoms with E-state index < -0.39 is 29.5 Å². The van der Waals surface area contributed by atoms with Crippen molar-refractivity contribution in [1.82, 2.24) is 0 Å². The van der Waals surface area contributed by atoms with E-state index in [0.717, 1.165) is 0 Å². The number of rotatable bonds is 2. The minimum atomic E-state index is -4.53. The summed E-state index contributed by atoms with van der Waals surface area (Å²) in [7, 11) is 0. The molecule has 0 aromatic rings. The number of carbonyl (C=O) groups is 1. The van der Waals surface area contributed by atoms with Gasteiger partial charge in [-0.05, 0) is 5.92 Å². The highest BCUT2D eigenvalue weighted by Gasteiger charge is 2.77. The molecule has 0 radical (unpaired) electrons. The van der Waals surface area contributed by atoms with Crippen LogP contribution >= 0.6 is 0 Å². The molecule has 0 unspecified atom stereocenters. The highest BCUT2D eigenvalue weighted by molar-refractivity contribution is 5.84. The highest BCUT2D eigenvalue weighted by atomic mass is 19.4. The van der Waals surface area contributed by atoms with Crippen LogP contribution in [0.15, 0.2) is 0 Å². The van der Waals surface area contributed by atoms with Crippen LogP contribution in [0.3, 0.4) is 0 Å². The van der Waals surface area contributed by atoms with Crippen molar-refractivity contribution in [3.63, 3.8) is 0 Å². The molecule has 1 fully saturated rings. The number of hydrogen-bond donors (Lipinski definition) is 2. The maximum atomic E-state index is 12.4. The van der Waals surface area contributed by atoms with E-state index in [4.69, 9.17) is 10.8 Å². The van der Waals surface area contributed by atoms with Gasteiger partial charge in [0.15, 0.2) is 0 Å². The van der Waals surface area contributed by atoms with E-state index in [1.807, 2.05) is 0 Å². The first-order valence-electron chi connectivity index (χ1n) is 4.22. The lowest BCUT2D eigenvalue weighted by Crippen LogP contribution is -2.40. The molecule has 0 bridgehead atoms. The molecule has 0 amide bonds. The van der Waals surface area contributed by atoms with Crippen LogP contribution in [0.25, 0.3) is 0 Å². The van der Waals surface area contributed by atoms with Crippen LogP contribution in [0.5, 0.6) is 0 Å². The molecule has 14 heavy (non-hydrogen) atoms. The Morgan fingerprint density at radius 1 is 1.50 bits per heavy atom. The minimum absolute atomic E-state index is 0.386. The average Bonchev–Trinajstić information content (AvgIpc) is 2.56. The summed E-state index contributed by atoms with van der Waals surface area (Å²) < 4.78 is 37.1. The zero-order valence-corrected chi connectivity index (χ0v) is 7.80. The van der Waals surface area contributed by atoms with Crippen LogP contribution in [0.2, 0.25) is 0 Å². The van der Waals surface area contributed by atoms with Crippen LogP contribution < -0.4 is 5.73 Å². The fourth-order valence-corrected chi connectivity index (χ4v) is 2.12. The lowest BCUT2D eigenvalue weighted by atomic mass is 10.0. The van der Waals surface area contributed by atoms with Gasteiger partial charge < -0.3 is 10.8 Å². The number of aliphatic carboxylic acids is 1. The van der Waals surface area contributed by atoms with Gasteiger partial charge in [0.25, 0.3) is 0 Å². The smallest absolute Gasteiger partial charge is 0.394 e. The Morgan fingerprint density at radius 2 is 1.93 bits per heavy atom. The molecule has 82 valence electrons. The van der Waals surface area contributed by atoms with Gasteiger partial charge in [-0.25, -0.2) is 0 Å². The van der Waals surface area contributed by atoms with Gasteiger partial charge in [0.05, 0.1) is 5.92 Å². The summed E-state index contributed by atoms with van der Waals surface area (Å²) in [4.78, 5) is 10.6. The van der Waals surface area contributed by atoms with Crippen molar-refractivity contribution in [3.05, 3.63) is 0 Å². The van der Waals surface area contributed by atoms with E-state index in [9.17, 15) is 18.0 Å². The SMILES string of the molecule is CC(C)[C@@H]1[C@@H](C(F)(F)F)[C@@]1(N)C(=O)O. The van der Waals surface area contributed by atoms with E-state index in [1.54, 1.807) is 13.8 Å². The van der Waals surface area contributed by atoms with Gasteiger partial charge in [-0.1, -0.05) is 13.8 Å². The fraction of sp³-hybridized carbons (Fsp3) is 0.875. The molecule has 6 heteroatoms. The molecule has 0 aromatic heterocycles. The molecular formula is C8H12F3NO2. The van der Waals surface area contributed by atoms with Crippen molar-refractivity contribution in [2.24, 2.45) is 23.5 Å². The summed E-state index contributed by atoms with van der Waals surface area (Å²) in [6.45, 7) is 3.09. The van der Waals surface area contributed by atoms with Gasteiger partial charge in [0, 0.05) is 5.92 Å². The highest BCUT2D eigenvalue weighted by Crippen LogP contribution is 2.60. The Kier molecular flexibility index (Phi) is 2.30. The van der Waals surface area contributed by atoms with Gasteiger partial charge in [0.1, 0.15) is 5.54 Å². The normalized spacial score (nSPS) is 37.4. The first kappa shape index (κ1) is 11.3. The topological polar surface area (TPSA) is 63.3 Å². The number of carboxylic acid groups (broad SMARTS) is 1. The van der Waals surface area contributed by atoms with Crippen molar-refractivity contribution < 1.29 is 23.1 Å². The van der Waals surface area contributed by atoms with E-state index in [2.05, 4.69) is 0 Å². The van der Waals surface area contributed by atoms with Crippen molar-refractivity contribution >= 4 is 5.97 Å². The van der Waals surface area contributed by atoms with E-state index in [0.29, 0.717) is 0 Å². The predicted molar refractivity (Wildman–Crippen MR) is 42.4 cm³/mol. The molecule has 1 saturated carbocycles. The third-order valence-electron chi connectivity index (χ3n) is 2.76. The Hall–Kier alpha value is -0.780. The monoisotopic (exact) mass is 211 g/mol. The number of halogens is 3. The second kappa shape index (κ2) is 2.85. The summed E-state index contributed by atoms with van der Waals surface area (Å²) in [5.74, 6) is -4.88. The second-order valence-electron chi connectivity index (χ2n) is 4.03. The van der Waals surface area contributed by atoms with E-state index >= 15 is 0 Å². The van der Waals surface area contributed by atoms with E-state index in [-0.39, 0.29) is 5.92 Å². The van der Waals surface area contributed by atoms with Gasteiger partial charge >= 0.3 is 12.1 Å². The van der Waals surface area contributed by atoms with Crippen LogP contribution in [-0.4, -0.2) is 22.8 Å². The molecule has 3 nitrogen and oxygen atoms in total. The molecule has 0 heterocycles. The van der Waals surface area contributed by atoms with Crippen molar-refractivity contribution in [3.8, 4) is 0 Å². The van der Waals surface area contributed by atoms with Crippen molar-refractivity contribution in [2.45, 2.75) is 25.6 Å². The Balaban J connectivity index is 2.95. The predicted octanol–water partition coefficient (Wildman–Crippen LogP) is 1.23. The molecule has 3 N–H and O–H groups in total. The molecule has 1 aliphatic carbocycles. The number of hydrogen-bond acceptors (Lipinski definition) is 2. The van der Waals surface area contributed by atoms with Crippen LogP contribution in [0, 0.1) is 17.8 Å². The molecule has 1 aliphatic rings. The molecule has 3 atom stereocenters. The second-order valence-corrected chi connectivity index (χ2v) is 4.03. The lowest BCUT2D eigenvalue weighted by Gasteiger charge is -2.07. The molecular weight excluding hydrogens is 199 g/mol. The number of carboxylic acids is 1. The van der Waals surface area contributed by atoms with Crippen LogP contribution in [0.4, 0.5) is 13.2 Å². The zero-order valence-electron chi connectivity index (χ0n) is 7.80. The first-order valence-corrected chi connectivity index (χ1v) is 4.22. The van der Waals surface area contributed by atoms with Gasteiger partial charge in [-0.15, -0.1) is 0 Å². The largest absolute Gasteiger partial charge is 0.480 e. The molecule has 0 saturated heterocycles. The Morgan fingerprint density at radius 3 is 2.00 bits per heavy atom. The van der Waals surface area contributed by atoms with Crippen LogP contribution in [0.1, 0.15) is 13.8 Å². The third-order valence-corrected chi connectivity index (χ3v) is 2.76. The minimum Gasteiger partial charge on any atom is -0.480 e. The van der Waals surface area contributed by atoms with Crippen molar-refractivity contribution in [2.75, 3.05) is 0 Å². The Labute approximate surface area is 79.1 Å². The summed E-state index contributed by atoms with van der Waals surface area (Å²) >= 11 is 0. The first-order chi connectivity index (χ1) is 6.13. The van der Waals surface area contributed by atoms with E-state index in [1.165, 1.54) is 0 Å². The van der Waals surface area contributed by atoms with Crippen LogP contribution in [-0.2, 0) is 4.79 Å². The molecule has 0 spiro atoms. The van der Waals surface area contributed by atoms with Gasteiger partial charge in [0.2, 0.25) is 0 Å².